The highest BCUT2D eigenvalue weighted by Gasteiger charge is 2.28. The van der Waals surface area contributed by atoms with Gasteiger partial charge in [0, 0.05) is 23.5 Å². The Balaban J connectivity index is 1.53. The summed E-state index contributed by atoms with van der Waals surface area (Å²) in [5.74, 6) is -0.933. The number of rotatable bonds is 5. The van der Waals surface area contributed by atoms with Crippen molar-refractivity contribution in [3.63, 3.8) is 0 Å². The van der Waals surface area contributed by atoms with Crippen molar-refractivity contribution in [1.82, 2.24) is 4.31 Å². The third kappa shape index (κ3) is 3.82. The van der Waals surface area contributed by atoms with Gasteiger partial charge >= 0.3 is 0 Å². The molecule has 2 heterocycles. The van der Waals surface area contributed by atoms with E-state index in [1.165, 1.54) is 39.9 Å². The average molecular weight is 434 g/mol. The first-order valence-corrected chi connectivity index (χ1v) is 12.0. The Labute approximate surface area is 174 Å². The van der Waals surface area contributed by atoms with E-state index in [0.29, 0.717) is 29.2 Å². The fraction of sp³-hybridized carbons (Fsp3) is 0.400. The minimum atomic E-state index is -3.54. The Morgan fingerprint density at radius 3 is 2.34 bits per heavy atom. The molecule has 1 aromatic heterocycles. The highest BCUT2D eigenvalue weighted by Crippen LogP contribution is 2.39. The maximum Gasteiger partial charge on any atom is 0.256 e. The molecule has 1 aromatic carbocycles. The van der Waals surface area contributed by atoms with Crippen molar-refractivity contribution < 1.29 is 18.0 Å². The fourth-order valence-corrected chi connectivity index (χ4v) is 6.77. The van der Waals surface area contributed by atoms with E-state index in [1.54, 1.807) is 0 Å². The molecule has 1 fully saturated rings. The topological polar surface area (TPSA) is 110 Å². The lowest BCUT2D eigenvalue weighted by atomic mass is 10.1. The van der Waals surface area contributed by atoms with Crippen LogP contribution < -0.4 is 11.1 Å². The summed E-state index contributed by atoms with van der Waals surface area (Å²) >= 11 is 1.39. The lowest BCUT2D eigenvalue weighted by Gasteiger charge is -2.25. The maximum absolute atomic E-state index is 12.7. The molecule has 3 N–H and O–H groups in total. The van der Waals surface area contributed by atoms with Gasteiger partial charge in [-0.25, -0.2) is 8.42 Å². The number of nitrogens with two attached hydrogens (primary N) is 1. The number of hydrogen-bond donors (Lipinski definition) is 2. The minimum Gasteiger partial charge on any atom is -0.365 e. The van der Waals surface area contributed by atoms with Crippen LogP contribution in [0.5, 0.6) is 0 Å². The van der Waals surface area contributed by atoms with Crippen molar-refractivity contribution in [2.45, 2.75) is 43.4 Å². The zero-order valence-electron chi connectivity index (χ0n) is 15.9. The molecular weight excluding hydrogens is 410 g/mol. The number of amides is 2. The van der Waals surface area contributed by atoms with E-state index in [9.17, 15) is 18.0 Å². The number of hydrogen-bond acceptors (Lipinski definition) is 5. The van der Waals surface area contributed by atoms with Crippen molar-refractivity contribution in [1.29, 1.82) is 0 Å². The molecule has 0 saturated carbocycles. The van der Waals surface area contributed by atoms with E-state index in [1.807, 2.05) is 0 Å². The summed E-state index contributed by atoms with van der Waals surface area (Å²) in [4.78, 5) is 25.8. The molecule has 2 amide bonds. The number of thiophene rings is 1. The Morgan fingerprint density at radius 2 is 1.69 bits per heavy atom. The summed E-state index contributed by atoms with van der Waals surface area (Å²) < 4.78 is 27.0. The van der Waals surface area contributed by atoms with Crippen LogP contribution in [0.25, 0.3) is 0 Å². The van der Waals surface area contributed by atoms with Crippen LogP contribution in [0.1, 0.15) is 56.8 Å². The Bertz CT molecular complexity index is 1050. The molecule has 0 atom stereocenters. The molecule has 9 heteroatoms. The lowest BCUT2D eigenvalue weighted by molar-refractivity contribution is 0.100. The van der Waals surface area contributed by atoms with Gasteiger partial charge in [-0.15, -0.1) is 11.3 Å². The van der Waals surface area contributed by atoms with Gasteiger partial charge in [-0.2, -0.15) is 4.31 Å². The molecule has 154 valence electrons. The van der Waals surface area contributed by atoms with Crippen LogP contribution in [0.15, 0.2) is 29.2 Å². The van der Waals surface area contributed by atoms with Crippen LogP contribution in [0.4, 0.5) is 5.00 Å². The number of benzene rings is 1. The van der Waals surface area contributed by atoms with Crippen molar-refractivity contribution in [3.05, 3.63) is 45.8 Å². The van der Waals surface area contributed by atoms with E-state index >= 15 is 0 Å². The normalized spacial score (nSPS) is 17.1. The third-order valence-electron chi connectivity index (χ3n) is 5.46. The molecule has 0 unspecified atom stereocenters. The average Bonchev–Trinajstić information content (AvgIpc) is 3.29. The lowest BCUT2D eigenvalue weighted by Crippen LogP contribution is -2.35. The molecule has 2 aromatic rings. The zero-order chi connectivity index (χ0) is 20.6. The van der Waals surface area contributed by atoms with E-state index in [-0.39, 0.29) is 4.90 Å². The predicted molar refractivity (Wildman–Crippen MR) is 112 cm³/mol. The second kappa shape index (κ2) is 7.89. The van der Waals surface area contributed by atoms with Gasteiger partial charge in [0.2, 0.25) is 10.0 Å². The van der Waals surface area contributed by atoms with Crippen molar-refractivity contribution in [3.8, 4) is 0 Å². The largest absolute Gasteiger partial charge is 0.365 e. The summed E-state index contributed by atoms with van der Waals surface area (Å²) in [7, 11) is -3.54. The van der Waals surface area contributed by atoms with Gasteiger partial charge in [-0.1, -0.05) is 6.42 Å². The zero-order valence-corrected chi connectivity index (χ0v) is 17.6. The first kappa shape index (κ1) is 20.1. The minimum absolute atomic E-state index is 0.184. The van der Waals surface area contributed by atoms with Gasteiger partial charge in [-0.3, -0.25) is 9.59 Å². The number of anilines is 1. The number of aryl methyl sites for hydroxylation is 1. The van der Waals surface area contributed by atoms with Crippen LogP contribution in [0, 0.1) is 0 Å². The monoisotopic (exact) mass is 433 g/mol. The van der Waals surface area contributed by atoms with Crippen LogP contribution >= 0.6 is 11.3 Å². The molecule has 29 heavy (non-hydrogen) atoms. The van der Waals surface area contributed by atoms with Gasteiger partial charge in [0.1, 0.15) is 5.00 Å². The fourth-order valence-electron chi connectivity index (χ4n) is 3.96. The summed E-state index contributed by atoms with van der Waals surface area (Å²) in [6.07, 6.45) is 5.45. The quantitative estimate of drug-likeness (QED) is 0.755. The Morgan fingerprint density at radius 1 is 1.00 bits per heavy atom. The molecule has 7 nitrogen and oxygen atoms in total. The standard InChI is InChI=1S/C20H23N3O4S2/c21-18(24)17-15-5-4-6-16(15)28-20(17)22-19(25)13-7-9-14(10-8-13)29(26,27)23-11-2-1-3-12-23/h7-10H,1-6,11-12H2,(H2,21,24)(H,22,25). The number of fused-ring (bicyclic) bond motifs is 1. The van der Waals surface area contributed by atoms with Crippen molar-refractivity contribution in [2.75, 3.05) is 18.4 Å². The van der Waals surface area contributed by atoms with E-state index in [2.05, 4.69) is 5.32 Å². The molecule has 1 aliphatic heterocycles. The molecule has 0 radical (unpaired) electrons. The molecule has 0 spiro atoms. The smallest absolute Gasteiger partial charge is 0.256 e. The second-order valence-electron chi connectivity index (χ2n) is 7.37. The second-order valence-corrected chi connectivity index (χ2v) is 10.4. The maximum atomic E-state index is 12.7. The predicted octanol–water partition coefficient (Wildman–Crippen LogP) is 2.76. The first-order chi connectivity index (χ1) is 13.9. The van der Waals surface area contributed by atoms with Crippen LogP contribution in [0.3, 0.4) is 0 Å². The summed E-state index contributed by atoms with van der Waals surface area (Å²) in [6.45, 7) is 1.06. The van der Waals surface area contributed by atoms with Crippen molar-refractivity contribution in [2.24, 2.45) is 5.73 Å². The number of carbonyl (C=O) groups is 2. The number of sulfonamides is 1. The van der Waals surface area contributed by atoms with Crippen molar-refractivity contribution >= 4 is 38.2 Å². The highest BCUT2D eigenvalue weighted by molar-refractivity contribution is 7.89. The Hall–Kier alpha value is -2.23. The van der Waals surface area contributed by atoms with Crippen LogP contribution in [-0.2, 0) is 22.9 Å². The van der Waals surface area contributed by atoms with Crippen LogP contribution in [-0.4, -0.2) is 37.6 Å². The van der Waals surface area contributed by atoms with Gasteiger partial charge < -0.3 is 11.1 Å². The number of piperidine rings is 1. The summed E-state index contributed by atoms with van der Waals surface area (Å²) in [5.41, 5.74) is 7.20. The molecule has 1 saturated heterocycles. The number of carbonyl (C=O) groups excluding carboxylic acids is 2. The summed E-state index contributed by atoms with van der Waals surface area (Å²) in [5, 5.41) is 3.25. The molecule has 4 rings (SSSR count). The van der Waals surface area contributed by atoms with E-state index in [4.69, 9.17) is 5.73 Å². The SMILES string of the molecule is NC(=O)c1c(NC(=O)c2ccc(S(=O)(=O)N3CCCCC3)cc2)sc2c1CCC2. The first-order valence-electron chi connectivity index (χ1n) is 9.74. The molecule has 0 bridgehead atoms. The van der Waals surface area contributed by atoms with Gasteiger partial charge in [0.15, 0.2) is 0 Å². The Kier molecular flexibility index (Phi) is 5.46. The van der Waals surface area contributed by atoms with Gasteiger partial charge in [0.25, 0.3) is 11.8 Å². The summed E-state index contributed by atoms with van der Waals surface area (Å²) in [6, 6.07) is 5.92. The number of primary amides is 1. The third-order valence-corrected chi connectivity index (χ3v) is 8.58. The van der Waals surface area contributed by atoms with Crippen LogP contribution in [0.2, 0.25) is 0 Å². The number of nitrogens with zero attached hydrogens (tertiary/aromatic N) is 1. The molecule has 2 aliphatic rings. The highest BCUT2D eigenvalue weighted by atomic mass is 32.2. The van der Waals surface area contributed by atoms with Gasteiger partial charge in [0.05, 0.1) is 10.5 Å². The van der Waals surface area contributed by atoms with E-state index < -0.39 is 21.8 Å². The molecule has 1 aliphatic carbocycles. The van der Waals surface area contributed by atoms with Gasteiger partial charge in [-0.05, 0) is 61.9 Å². The van der Waals surface area contributed by atoms with E-state index in [0.717, 1.165) is 49.0 Å². The molecular formula is C20H23N3O4S2. The number of nitrogens with one attached hydrogen (secondary N) is 1.